The van der Waals surface area contributed by atoms with Crippen molar-refractivity contribution in [2.24, 2.45) is 0 Å². The van der Waals surface area contributed by atoms with E-state index < -0.39 is 5.82 Å². The number of rotatable bonds is 5. The lowest BCUT2D eigenvalue weighted by Crippen LogP contribution is -2.22. The van der Waals surface area contributed by atoms with Crippen LogP contribution in [0.1, 0.15) is 30.6 Å². The highest BCUT2D eigenvalue weighted by molar-refractivity contribution is 5.78. The number of aromatic amines is 1. The van der Waals surface area contributed by atoms with Crippen molar-refractivity contribution in [3.8, 4) is 0 Å². The molecule has 0 saturated carbocycles. The highest BCUT2D eigenvalue weighted by atomic mass is 19.1. The summed E-state index contributed by atoms with van der Waals surface area (Å²) in [4.78, 5) is 19.3. The Morgan fingerprint density at radius 1 is 1.30 bits per heavy atom. The Balaban J connectivity index is 1.84. The Kier molecular flexibility index (Phi) is 4.48. The first-order valence-corrected chi connectivity index (χ1v) is 7.62. The van der Waals surface area contributed by atoms with E-state index >= 15 is 0 Å². The lowest BCUT2D eigenvalue weighted by molar-refractivity contribution is 0.513. The molecule has 0 bridgehead atoms. The van der Waals surface area contributed by atoms with Crippen LogP contribution in [0.2, 0.25) is 0 Å². The molecule has 118 valence electrons. The second-order valence-electron chi connectivity index (χ2n) is 5.45. The van der Waals surface area contributed by atoms with E-state index in [1.54, 1.807) is 18.3 Å². The quantitative estimate of drug-likeness (QED) is 0.760. The predicted molar refractivity (Wildman–Crippen MR) is 88.6 cm³/mol. The maximum atomic E-state index is 13.9. The average Bonchev–Trinajstić information content (AvgIpc) is 2.57. The zero-order valence-electron chi connectivity index (χ0n) is 12.8. The van der Waals surface area contributed by atoms with E-state index in [4.69, 9.17) is 0 Å². The van der Waals surface area contributed by atoms with Crippen molar-refractivity contribution in [3.05, 3.63) is 76.1 Å². The van der Waals surface area contributed by atoms with Gasteiger partial charge in [0.2, 0.25) is 0 Å². The molecule has 1 atom stereocenters. The summed E-state index contributed by atoms with van der Waals surface area (Å²) in [5.74, 6) is -0.416. The maximum Gasteiger partial charge on any atom is 0.189 e. The number of nitrogens with zero attached hydrogens (tertiary/aromatic N) is 1. The van der Waals surface area contributed by atoms with Crippen LogP contribution in [0.5, 0.6) is 0 Å². The van der Waals surface area contributed by atoms with Gasteiger partial charge >= 0.3 is 0 Å². The molecule has 4 nitrogen and oxygen atoms in total. The molecule has 2 heterocycles. The number of H-pyrrole nitrogens is 1. The summed E-state index contributed by atoms with van der Waals surface area (Å²) in [5, 5.41) is 3.75. The van der Waals surface area contributed by atoms with E-state index in [1.807, 2.05) is 18.3 Å². The molecule has 0 unspecified atom stereocenters. The fourth-order valence-electron chi connectivity index (χ4n) is 2.70. The number of benzene rings is 1. The summed E-state index contributed by atoms with van der Waals surface area (Å²) in [6, 6.07) is 10.1. The zero-order chi connectivity index (χ0) is 16.2. The van der Waals surface area contributed by atoms with Gasteiger partial charge in [-0.1, -0.05) is 19.1 Å². The lowest BCUT2D eigenvalue weighted by atomic mass is 10.1. The normalized spacial score (nSPS) is 12.4. The number of nitrogens with one attached hydrogen (secondary N) is 2. The van der Waals surface area contributed by atoms with Crippen LogP contribution in [0, 0.1) is 5.82 Å². The molecule has 3 rings (SSSR count). The molecule has 0 fully saturated rings. The Morgan fingerprint density at radius 3 is 2.91 bits per heavy atom. The molecule has 1 aromatic carbocycles. The van der Waals surface area contributed by atoms with Crippen molar-refractivity contribution >= 4 is 10.9 Å². The number of aromatic nitrogens is 2. The monoisotopic (exact) mass is 311 g/mol. The summed E-state index contributed by atoms with van der Waals surface area (Å²) in [6.07, 6.45) is 4.45. The largest absolute Gasteiger partial charge is 0.355 e. The van der Waals surface area contributed by atoms with Gasteiger partial charge in [0, 0.05) is 42.1 Å². The second kappa shape index (κ2) is 6.71. The number of hydrogen-bond donors (Lipinski definition) is 2. The Labute approximate surface area is 133 Å². The van der Waals surface area contributed by atoms with Crippen LogP contribution in [0.4, 0.5) is 4.39 Å². The van der Waals surface area contributed by atoms with Gasteiger partial charge in [-0.3, -0.25) is 9.78 Å². The fraction of sp³-hybridized carbons (Fsp3) is 0.222. The van der Waals surface area contributed by atoms with Crippen LogP contribution in [0.3, 0.4) is 0 Å². The van der Waals surface area contributed by atoms with Gasteiger partial charge in [0.05, 0.1) is 5.52 Å². The molecule has 2 N–H and O–H groups in total. The van der Waals surface area contributed by atoms with E-state index in [9.17, 15) is 9.18 Å². The van der Waals surface area contributed by atoms with Crippen LogP contribution in [-0.4, -0.2) is 9.97 Å². The Morgan fingerprint density at radius 2 is 2.17 bits per heavy atom. The molecule has 0 aliphatic carbocycles. The highest BCUT2D eigenvalue weighted by Gasteiger charge is 2.10. The van der Waals surface area contributed by atoms with Gasteiger partial charge in [-0.2, -0.15) is 0 Å². The smallest absolute Gasteiger partial charge is 0.189 e. The molecule has 0 spiro atoms. The highest BCUT2D eigenvalue weighted by Crippen LogP contribution is 2.16. The third-order valence-electron chi connectivity index (χ3n) is 3.90. The van der Waals surface area contributed by atoms with Crippen molar-refractivity contribution < 1.29 is 4.39 Å². The van der Waals surface area contributed by atoms with Crippen LogP contribution < -0.4 is 10.7 Å². The summed E-state index contributed by atoms with van der Waals surface area (Å²) in [6.45, 7) is 2.53. The fourth-order valence-corrected chi connectivity index (χ4v) is 2.70. The van der Waals surface area contributed by atoms with Crippen molar-refractivity contribution in [2.45, 2.75) is 25.9 Å². The number of fused-ring (bicyclic) bond motifs is 1. The molecule has 0 saturated heterocycles. The topological polar surface area (TPSA) is 57.8 Å². The van der Waals surface area contributed by atoms with Gasteiger partial charge in [-0.25, -0.2) is 4.39 Å². The van der Waals surface area contributed by atoms with E-state index in [1.165, 1.54) is 12.1 Å². The molecule has 0 aliphatic rings. The molecule has 0 radical (unpaired) electrons. The summed E-state index contributed by atoms with van der Waals surface area (Å²) >= 11 is 0. The van der Waals surface area contributed by atoms with Gasteiger partial charge < -0.3 is 10.3 Å². The van der Waals surface area contributed by atoms with Gasteiger partial charge in [0.1, 0.15) is 5.82 Å². The van der Waals surface area contributed by atoms with E-state index in [-0.39, 0.29) is 17.0 Å². The number of halogens is 1. The van der Waals surface area contributed by atoms with E-state index in [0.29, 0.717) is 17.6 Å². The molecule has 2 aromatic heterocycles. The van der Waals surface area contributed by atoms with Crippen LogP contribution in [0.15, 0.2) is 53.6 Å². The lowest BCUT2D eigenvalue weighted by Gasteiger charge is -2.17. The van der Waals surface area contributed by atoms with Crippen molar-refractivity contribution in [1.29, 1.82) is 0 Å². The third kappa shape index (κ3) is 3.29. The number of hydrogen-bond acceptors (Lipinski definition) is 3. The Hall–Kier alpha value is -2.53. The SMILES string of the molecule is CC[C@@H](NCc1cc(=O)c2cccc(F)c2[nH]1)c1cccnc1. The van der Waals surface area contributed by atoms with Crippen LogP contribution in [0.25, 0.3) is 10.9 Å². The zero-order valence-corrected chi connectivity index (χ0v) is 12.8. The summed E-state index contributed by atoms with van der Waals surface area (Å²) < 4.78 is 13.9. The summed E-state index contributed by atoms with van der Waals surface area (Å²) in [7, 11) is 0. The minimum atomic E-state index is -0.416. The first-order valence-electron chi connectivity index (χ1n) is 7.62. The molecular weight excluding hydrogens is 293 g/mol. The summed E-state index contributed by atoms with van der Waals surface area (Å²) in [5.41, 5.74) is 1.83. The molecule has 23 heavy (non-hydrogen) atoms. The van der Waals surface area contributed by atoms with Crippen LogP contribution in [-0.2, 0) is 6.54 Å². The first kappa shape index (κ1) is 15.4. The standard InChI is InChI=1S/C18H18FN3O/c1-2-16(12-5-4-8-20-10-12)21-11-13-9-17(23)14-6-3-7-15(19)18(14)22-13/h3-10,16,21H,2,11H2,1H3,(H,22,23)/t16-/m1/s1. The van der Waals surface area contributed by atoms with Crippen molar-refractivity contribution in [2.75, 3.05) is 0 Å². The maximum absolute atomic E-state index is 13.9. The minimum Gasteiger partial charge on any atom is -0.355 e. The van der Waals surface area contributed by atoms with Gasteiger partial charge in [-0.05, 0) is 30.2 Å². The van der Waals surface area contributed by atoms with Crippen molar-refractivity contribution in [1.82, 2.24) is 15.3 Å². The van der Waals surface area contributed by atoms with Gasteiger partial charge in [0.15, 0.2) is 5.43 Å². The third-order valence-corrected chi connectivity index (χ3v) is 3.90. The molecule has 0 aliphatic heterocycles. The number of para-hydroxylation sites is 1. The molecule has 0 amide bonds. The number of pyridine rings is 2. The van der Waals surface area contributed by atoms with E-state index in [2.05, 4.69) is 22.2 Å². The second-order valence-corrected chi connectivity index (χ2v) is 5.45. The average molecular weight is 311 g/mol. The predicted octanol–water partition coefficient (Wildman–Crippen LogP) is 3.30. The van der Waals surface area contributed by atoms with Crippen molar-refractivity contribution in [3.63, 3.8) is 0 Å². The first-order chi connectivity index (χ1) is 11.2. The van der Waals surface area contributed by atoms with Gasteiger partial charge in [-0.15, -0.1) is 0 Å². The van der Waals surface area contributed by atoms with E-state index in [0.717, 1.165) is 12.0 Å². The minimum absolute atomic E-state index is 0.128. The molecule has 5 heteroatoms. The van der Waals surface area contributed by atoms with Gasteiger partial charge in [0.25, 0.3) is 0 Å². The molecule has 3 aromatic rings. The Bertz CT molecular complexity index is 861. The van der Waals surface area contributed by atoms with Crippen LogP contribution >= 0.6 is 0 Å². The molecular formula is C18H18FN3O.